The maximum absolute atomic E-state index is 12.4. The fourth-order valence-electron chi connectivity index (χ4n) is 2.42. The van der Waals surface area contributed by atoms with Crippen molar-refractivity contribution in [1.29, 1.82) is 0 Å². The minimum absolute atomic E-state index is 0.00158. The van der Waals surface area contributed by atoms with E-state index in [1.807, 2.05) is 24.3 Å². The van der Waals surface area contributed by atoms with Gasteiger partial charge in [0.05, 0.1) is 12.6 Å². The van der Waals surface area contributed by atoms with E-state index < -0.39 is 0 Å². The van der Waals surface area contributed by atoms with Gasteiger partial charge in [0.25, 0.3) is 5.91 Å². The highest BCUT2D eigenvalue weighted by Crippen LogP contribution is 2.20. The van der Waals surface area contributed by atoms with E-state index in [2.05, 4.69) is 6.26 Å². The number of likely N-dealkylation sites (tertiary alicyclic amines) is 1. The second-order valence-corrected chi connectivity index (χ2v) is 5.48. The van der Waals surface area contributed by atoms with E-state index in [0.29, 0.717) is 0 Å². The Kier molecular flexibility index (Phi) is 4.66. The molecule has 0 saturated carbocycles. The molecule has 3 nitrogen and oxygen atoms in total. The number of thioether (sulfide) groups is 1. The third-order valence-electron chi connectivity index (χ3n) is 3.33. The van der Waals surface area contributed by atoms with Crippen molar-refractivity contribution in [2.45, 2.75) is 24.6 Å². The van der Waals surface area contributed by atoms with E-state index in [9.17, 15) is 9.90 Å². The number of rotatable bonds is 4. The molecule has 0 aliphatic carbocycles. The van der Waals surface area contributed by atoms with E-state index >= 15 is 0 Å². The molecule has 0 radical (unpaired) electrons. The summed E-state index contributed by atoms with van der Waals surface area (Å²) in [6.07, 6.45) is 3.95. The normalized spacial score (nSPS) is 19.2. The van der Waals surface area contributed by atoms with Crippen LogP contribution in [-0.2, 0) is 5.75 Å². The van der Waals surface area contributed by atoms with Crippen molar-refractivity contribution in [2.75, 3.05) is 19.4 Å². The molecule has 4 heteroatoms. The highest BCUT2D eigenvalue weighted by Gasteiger charge is 2.28. The number of hydrogen-bond donors (Lipinski definition) is 1. The fourth-order valence-corrected chi connectivity index (χ4v) is 2.93. The summed E-state index contributed by atoms with van der Waals surface area (Å²) in [5.74, 6) is 0.972. The van der Waals surface area contributed by atoms with Crippen LogP contribution in [0.4, 0.5) is 0 Å². The lowest BCUT2D eigenvalue weighted by Gasteiger charge is -2.23. The molecule has 1 aliphatic rings. The Hall–Kier alpha value is -1.00. The van der Waals surface area contributed by atoms with Crippen LogP contribution in [0.25, 0.3) is 0 Å². The summed E-state index contributed by atoms with van der Waals surface area (Å²) in [7, 11) is 0. The number of carbonyl (C=O) groups excluding carboxylic acids is 1. The number of amides is 1. The van der Waals surface area contributed by atoms with Crippen molar-refractivity contribution in [3.05, 3.63) is 35.4 Å². The van der Waals surface area contributed by atoms with Gasteiger partial charge in [0, 0.05) is 17.9 Å². The lowest BCUT2D eigenvalue weighted by atomic mass is 10.1. The number of aliphatic hydroxyl groups is 1. The standard InChI is InChI=1S/C14H19NO2S/c1-18-10-11-4-2-5-12(8-11)14(17)15-7-3-6-13(15)9-16/h2,4-5,8,13,16H,3,6-7,9-10H2,1H3/t13-/m0/s1. The Bertz CT molecular complexity index is 422. The van der Waals surface area contributed by atoms with Gasteiger partial charge in [0.15, 0.2) is 0 Å². The van der Waals surface area contributed by atoms with Crippen molar-refractivity contribution >= 4 is 17.7 Å². The van der Waals surface area contributed by atoms with E-state index in [1.54, 1.807) is 16.7 Å². The number of nitrogens with zero attached hydrogens (tertiary/aromatic N) is 1. The Balaban J connectivity index is 2.15. The average Bonchev–Trinajstić information content (AvgIpc) is 2.87. The molecule has 1 heterocycles. The summed E-state index contributed by atoms with van der Waals surface area (Å²) in [4.78, 5) is 14.2. The van der Waals surface area contributed by atoms with Gasteiger partial charge in [0.2, 0.25) is 0 Å². The molecule has 1 fully saturated rings. The molecule has 2 rings (SSSR count). The van der Waals surface area contributed by atoms with Gasteiger partial charge in [-0.1, -0.05) is 12.1 Å². The summed E-state index contributed by atoms with van der Waals surface area (Å²) in [6, 6.07) is 7.80. The molecular weight excluding hydrogens is 246 g/mol. The summed E-state index contributed by atoms with van der Waals surface area (Å²) in [5, 5.41) is 9.27. The number of aliphatic hydroxyl groups excluding tert-OH is 1. The van der Waals surface area contributed by atoms with Gasteiger partial charge < -0.3 is 10.0 Å². The highest BCUT2D eigenvalue weighted by atomic mass is 32.2. The van der Waals surface area contributed by atoms with Crippen LogP contribution in [0.5, 0.6) is 0 Å². The Labute approximate surface area is 112 Å². The topological polar surface area (TPSA) is 40.5 Å². The van der Waals surface area contributed by atoms with Crippen LogP contribution >= 0.6 is 11.8 Å². The predicted molar refractivity (Wildman–Crippen MR) is 74.8 cm³/mol. The highest BCUT2D eigenvalue weighted by molar-refractivity contribution is 7.97. The van der Waals surface area contributed by atoms with E-state index in [0.717, 1.165) is 30.7 Å². The average molecular weight is 265 g/mol. The minimum atomic E-state index is 0.00158. The first-order valence-corrected chi connectivity index (χ1v) is 7.65. The fraction of sp³-hybridized carbons (Fsp3) is 0.500. The molecule has 18 heavy (non-hydrogen) atoms. The molecule has 1 N–H and O–H groups in total. The zero-order valence-corrected chi connectivity index (χ0v) is 11.4. The number of carbonyl (C=O) groups is 1. The van der Waals surface area contributed by atoms with Crippen molar-refractivity contribution in [3.8, 4) is 0 Å². The number of benzene rings is 1. The minimum Gasteiger partial charge on any atom is -0.394 e. The van der Waals surface area contributed by atoms with Gasteiger partial charge in [-0.05, 0) is 36.8 Å². The van der Waals surface area contributed by atoms with Gasteiger partial charge >= 0.3 is 0 Å². The van der Waals surface area contributed by atoms with Gasteiger partial charge in [0.1, 0.15) is 0 Å². The lowest BCUT2D eigenvalue weighted by molar-refractivity contribution is 0.0677. The van der Waals surface area contributed by atoms with Crippen LogP contribution in [0.2, 0.25) is 0 Å². The molecule has 0 unspecified atom stereocenters. The first kappa shape index (κ1) is 13.4. The molecule has 1 amide bonds. The van der Waals surface area contributed by atoms with Crippen molar-refractivity contribution in [1.82, 2.24) is 4.90 Å². The smallest absolute Gasteiger partial charge is 0.254 e. The quantitative estimate of drug-likeness (QED) is 0.907. The molecule has 1 aromatic rings. The largest absolute Gasteiger partial charge is 0.394 e. The first-order valence-electron chi connectivity index (χ1n) is 6.26. The second-order valence-electron chi connectivity index (χ2n) is 4.61. The maximum atomic E-state index is 12.4. The van der Waals surface area contributed by atoms with Gasteiger partial charge in [-0.2, -0.15) is 11.8 Å². The zero-order valence-electron chi connectivity index (χ0n) is 10.6. The summed E-state index contributed by atoms with van der Waals surface area (Å²) in [6.45, 7) is 0.826. The van der Waals surface area contributed by atoms with Crippen LogP contribution in [-0.4, -0.2) is 41.4 Å². The van der Waals surface area contributed by atoms with E-state index in [4.69, 9.17) is 0 Å². The molecule has 1 atom stereocenters. The Morgan fingerprint density at radius 2 is 2.39 bits per heavy atom. The number of hydrogen-bond acceptors (Lipinski definition) is 3. The van der Waals surface area contributed by atoms with Crippen LogP contribution < -0.4 is 0 Å². The summed E-state index contributed by atoms with van der Waals surface area (Å²) >= 11 is 1.75. The zero-order chi connectivity index (χ0) is 13.0. The first-order chi connectivity index (χ1) is 8.76. The summed E-state index contributed by atoms with van der Waals surface area (Å²) < 4.78 is 0. The Morgan fingerprint density at radius 1 is 1.56 bits per heavy atom. The second kappa shape index (κ2) is 6.25. The molecule has 0 spiro atoms. The van der Waals surface area contributed by atoms with E-state index in [1.165, 1.54) is 5.56 Å². The van der Waals surface area contributed by atoms with Crippen LogP contribution in [0, 0.1) is 0 Å². The third-order valence-corrected chi connectivity index (χ3v) is 3.96. The predicted octanol–water partition coefficient (Wildman–Crippen LogP) is 2.15. The molecule has 1 aliphatic heterocycles. The molecule has 1 saturated heterocycles. The Morgan fingerprint density at radius 3 is 3.11 bits per heavy atom. The molecule has 98 valence electrons. The van der Waals surface area contributed by atoms with Crippen LogP contribution in [0.15, 0.2) is 24.3 Å². The van der Waals surface area contributed by atoms with Gasteiger partial charge in [-0.25, -0.2) is 0 Å². The lowest BCUT2D eigenvalue weighted by Crippen LogP contribution is -2.37. The van der Waals surface area contributed by atoms with Crippen molar-refractivity contribution < 1.29 is 9.90 Å². The van der Waals surface area contributed by atoms with Gasteiger partial charge in [-0.3, -0.25) is 4.79 Å². The SMILES string of the molecule is CSCc1cccc(C(=O)N2CCC[C@H]2CO)c1. The molecule has 0 bridgehead atoms. The molecule has 0 aromatic heterocycles. The monoisotopic (exact) mass is 265 g/mol. The third kappa shape index (κ3) is 2.87. The van der Waals surface area contributed by atoms with Crippen LogP contribution in [0.1, 0.15) is 28.8 Å². The summed E-state index contributed by atoms with van der Waals surface area (Å²) in [5.41, 5.74) is 1.91. The van der Waals surface area contributed by atoms with Gasteiger partial charge in [-0.15, -0.1) is 0 Å². The van der Waals surface area contributed by atoms with Crippen LogP contribution in [0.3, 0.4) is 0 Å². The molecular formula is C14H19NO2S. The maximum Gasteiger partial charge on any atom is 0.254 e. The van der Waals surface area contributed by atoms with E-state index in [-0.39, 0.29) is 18.6 Å². The van der Waals surface area contributed by atoms with Crippen molar-refractivity contribution in [3.63, 3.8) is 0 Å². The molecule has 1 aromatic carbocycles. The van der Waals surface area contributed by atoms with Crippen molar-refractivity contribution in [2.24, 2.45) is 0 Å².